The third-order valence-corrected chi connectivity index (χ3v) is 6.68. The van der Waals surface area contributed by atoms with Crippen LogP contribution in [-0.2, 0) is 27.0 Å². The van der Waals surface area contributed by atoms with E-state index in [-0.39, 0.29) is 13.2 Å². The molecule has 0 saturated heterocycles. The van der Waals surface area contributed by atoms with Gasteiger partial charge in [-0.15, -0.1) is 0 Å². The number of carbonyl (C=O) groups excluding carboxylic acids is 3. The Hall–Kier alpha value is -4.96. The van der Waals surface area contributed by atoms with E-state index >= 15 is 0 Å². The molecule has 0 heterocycles. The Bertz CT molecular complexity index is 1590. The van der Waals surface area contributed by atoms with Crippen molar-refractivity contribution in [2.24, 2.45) is 0 Å². The fourth-order valence-corrected chi connectivity index (χ4v) is 4.51. The number of alkyl halides is 3. The fraction of sp³-hybridized carbons (Fsp3) is 0.182. The lowest BCUT2D eigenvalue weighted by Crippen LogP contribution is -2.41. The number of aryl methyl sites for hydroxylation is 1. The van der Waals surface area contributed by atoms with Crippen molar-refractivity contribution in [2.75, 3.05) is 19.0 Å². The molecular weight excluding hydrogens is 559 g/mol. The van der Waals surface area contributed by atoms with E-state index in [4.69, 9.17) is 4.74 Å². The van der Waals surface area contributed by atoms with Crippen molar-refractivity contribution in [3.63, 3.8) is 0 Å². The van der Waals surface area contributed by atoms with Gasteiger partial charge in [-0.25, -0.2) is 0 Å². The van der Waals surface area contributed by atoms with E-state index in [9.17, 15) is 27.6 Å². The van der Waals surface area contributed by atoms with Gasteiger partial charge in [-0.3, -0.25) is 14.4 Å². The smallest absolute Gasteiger partial charge is 0.375 e. The van der Waals surface area contributed by atoms with Crippen molar-refractivity contribution >= 4 is 23.4 Å². The van der Waals surface area contributed by atoms with Crippen LogP contribution in [0.4, 0.5) is 18.9 Å². The second-order valence-electron chi connectivity index (χ2n) is 9.79. The third kappa shape index (κ3) is 8.08. The Balaban J connectivity index is 1.44. The maximum absolute atomic E-state index is 13.2. The van der Waals surface area contributed by atoms with Crippen LogP contribution in [0.3, 0.4) is 0 Å². The summed E-state index contributed by atoms with van der Waals surface area (Å²) in [6, 6.07) is 24.6. The summed E-state index contributed by atoms with van der Waals surface area (Å²) in [6.45, 7) is 1.80. The molecule has 4 rings (SSSR count). The number of nitrogens with one attached hydrogen (secondary N) is 3. The number of hydrogen-bond donors (Lipinski definition) is 3. The third-order valence-electron chi connectivity index (χ3n) is 6.68. The van der Waals surface area contributed by atoms with Crippen LogP contribution in [0.5, 0.6) is 0 Å². The average molecular weight is 590 g/mol. The van der Waals surface area contributed by atoms with Crippen LogP contribution in [-0.4, -0.2) is 31.4 Å². The minimum Gasteiger partial charge on any atom is -0.375 e. The van der Waals surface area contributed by atoms with Crippen molar-refractivity contribution in [1.82, 2.24) is 10.6 Å². The van der Waals surface area contributed by atoms with Gasteiger partial charge in [-0.2, -0.15) is 13.2 Å². The second-order valence-corrected chi connectivity index (χ2v) is 9.79. The molecule has 3 amide bonds. The van der Waals surface area contributed by atoms with Gasteiger partial charge in [-0.1, -0.05) is 72.8 Å². The van der Waals surface area contributed by atoms with E-state index in [1.807, 2.05) is 12.1 Å². The molecule has 3 N–H and O–H groups in total. The lowest BCUT2D eigenvalue weighted by atomic mass is 9.98. The number of methoxy groups -OCH3 is 1. The Labute approximate surface area is 247 Å². The highest BCUT2D eigenvalue weighted by molar-refractivity contribution is 6.09. The van der Waals surface area contributed by atoms with Crippen molar-refractivity contribution in [2.45, 2.75) is 25.7 Å². The first-order chi connectivity index (χ1) is 20.6. The summed E-state index contributed by atoms with van der Waals surface area (Å²) < 4.78 is 43.9. The molecule has 4 aromatic carbocycles. The molecule has 0 unspecified atom stereocenters. The van der Waals surface area contributed by atoms with Gasteiger partial charge in [0, 0.05) is 24.9 Å². The molecule has 0 radical (unpaired) electrons. The molecular formula is C33H30F3N3O4. The number of carbonyl (C=O) groups is 3. The molecule has 0 fully saturated rings. The fourth-order valence-electron chi connectivity index (χ4n) is 4.51. The van der Waals surface area contributed by atoms with E-state index in [1.54, 1.807) is 67.6 Å². The van der Waals surface area contributed by atoms with Crippen LogP contribution in [0.25, 0.3) is 11.1 Å². The number of amides is 3. The molecule has 0 aliphatic heterocycles. The summed E-state index contributed by atoms with van der Waals surface area (Å²) in [6.07, 6.45) is -4.45. The highest BCUT2D eigenvalue weighted by Gasteiger charge is 2.30. The topological polar surface area (TPSA) is 96.5 Å². The Morgan fingerprint density at radius 3 is 2.19 bits per heavy atom. The van der Waals surface area contributed by atoms with Crippen LogP contribution < -0.4 is 16.0 Å². The highest BCUT2D eigenvalue weighted by Crippen LogP contribution is 2.32. The standard InChI is InChI=1S/C33H30F3N3O4/c1-21-18-22(19-37-32(42)30(39-29(40)20-43-2)24-8-4-3-5-9-24)12-17-28(21)38-31(41)27-11-7-6-10-26(27)23-13-15-25(16-14-23)33(34,35)36/h3-18,30H,19-20H2,1-2H3,(H,37,42)(H,38,41)(H,39,40)/t30-/m0/s1. The van der Waals surface area contributed by atoms with E-state index < -0.39 is 35.5 Å². The van der Waals surface area contributed by atoms with Crippen molar-refractivity contribution in [3.8, 4) is 11.1 Å². The zero-order valence-electron chi connectivity index (χ0n) is 23.5. The molecule has 0 aliphatic rings. The molecule has 10 heteroatoms. The number of rotatable bonds is 10. The molecule has 0 bridgehead atoms. The van der Waals surface area contributed by atoms with Gasteiger partial charge in [0.1, 0.15) is 12.6 Å². The molecule has 7 nitrogen and oxygen atoms in total. The van der Waals surface area contributed by atoms with Gasteiger partial charge in [0.15, 0.2) is 0 Å². The SMILES string of the molecule is COCC(=O)N[C@H](C(=O)NCc1ccc(NC(=O)c2ccccc2-c2ccc(C(F)(F)F)cc2)c(C)c1)c1ccccc1. The van der Waals surface area contributed by atoms with Crippen LogP contribution in [0.2, 0.25) is 0 Å². The van der Waals surface area contributed by atoms with Crippen molar-refractivity contribution in [3.05, 3.63) is 125 Å². The molecule has 43 heavy (non-hydrogen) atoms. The summed E-state index contributed by atoms with van der Waals surface area (Å²) in [4.78, 5) is 38.4. The maximum Gasteiger partial charge on any atom is 0.416 e. The average Bonchev–Trinajstić information content (AvgIpc) is 3.00. The van der Waals surface area contributed by atoms with Gasteiger partial charge in [0.2, 0.25) is 11.8 Å². The lowest BCUT2D eigenvalue weighted by molar-refractivity contribution is -0.137. The predicted octanol–water partition coefficient (Wildman–Crippen LogP) is 6.05. The van der Waals surface area contributed by atoms with E-state index in [2.05, 4.69) is 16.0 Å². The molecule has 1 atom stereocenters. The summed E-state index contributed by atoms with van der Waals surface area (Å²) in [5, 5.41) is 8.40. The summed E-state index contributed by atoms with van der Waals surface area (Å²) in [5.41, 5.74) is 3.18. The predicted molar refractivity (Wildman–Crippen MR) is 157 cm³/mol. The van der Waals surface area contributed by atoms with Gasteiger partial charge >= 0.3 is 6.18 Å². The Morgan fingerprint density at radius 2 is 1.53 bits per heavy atom. The number of halogens is 3. The summed E-state index contributed by atoms with van der Waals surface area (Å²) in [7, 11) is 1.39. The molecule has 4 aromatic rings. The van der Waals surface area contributed by atoms with Crippen LogP contribution in [0.1, 0.15) is 38.7 Å². The van der Waals surface area contributed by atoms with Gasteiger partial charge < -0.3 is 20.7 Å². The molecule has 0 spiro atoms. The first-order valence-electron chi connectivity index (χ1n) is 13.4. The van der Waals surface area contributed by atoms with E-state index in [0.29, 0.717) is 27.9 Å². The largest absolute Gasteiger partial charge is 0.416 e. The highest BCUT2D eigenvalue weighted by atomic mass is 19.4. The van der Waals surface area contributed by atoms with Crippen molar-refractivity contribution < 1.29 is 32.3 Å². The monoisotopic (exact) mass is 589 g/mol. The first kappa shape index (κ1) is 31.0. The second kappa shape index (κ2) is 13.8. The Morgan fingerprint density at radius 1 is 0.860 bits per heavy atom. The quantitative estimate of drug-likeness (QED) is 0.210. The Kier molecular flexibility index (Phi) is 9.95. The molecule has 0 saturated carbocycles. The van der Waals surface area contributed by atoms with Crippen LogP contribution in [0, 0.1) is 6.92 Å². The van der Waals surface area contributed by atoms with Gasteiger partial charge in [0.25, 0.3) is 5.91 Å². The van der Waals surface area contributed by atoms with Crippen molar-refractivity contribution in [1.29, 1.82) is 0 Å². The minimum absolute atomic E-state index is 0.175. The van der Waals surface area contributed by atoms with Crippen LogP contribution in [0.15, 0.2) is 97.1 Å². The number of ether oxygens (including phenoxy) is 1. The molecule has 222 valence electrons. The van der Waals surface area contributed by atoms with Crippen LogP contribution >= 0.6 is 0 Å². The number of benzene rings is 4. The maximum atomic E-state index is 13.2. The van der Waals surface area contributed by atoms with Gasteiger partial charge in [-0.05, 0) is 59.0 Å². The van der Waals surface area contributed by atoms with E-state index in [1.165, 1.54) is 19.2 Å². The normalized spacial score (nSPS) is 11.8. The summed E-state index contributed by atoms with van der Waals surface area (Å²) >= 11 is 0. The minimum atomic E-state index is -4.45. The van der Waals surface area contributed by atoms with Gasteiger partial charge in [0.05, 0.1) is 5.56 Å². The van der Waals surface area contributed by atoms with E-state index in [0.717, 1.165) is 23.3 Å². The molecule has 0 aliphatic carbocycles. The summed E-state index contributed by atoms with van der Waals surface area (Å²) in [5.74, 6) is -1.25. The number of anilines is 1. The zero-order chi connectivity index (χ0) is 31.0. The molecule has 0 aromatic heterocycles. The first-order valence-corrected chi connectivity index (χ1v) is 13.4. The lowest BCUT2D eigenvalue weighted by Gasteiger charge is -2.19. The number of hydrogen-bond acceptors (Lipinski definition) is 4. The zero-order valence-corrected chi connectivity index (χ0v) is 23.5.